The van der Waals surface area contributed by atoms with E-state index in [0.717, 1.165) is 30.5 Å². The second-order valence-corrected chi connectivity index (χ2v) is 6.68. The zero-order valence-electron chi connectivity index (χ0n) is 13.7. The highest BCUT2D eigenvalue weighted by Gasteiger charge is 2.53. The fraction of sp³-hybridized carbons (Fsp3) is 0.533. The summed E-state index contributed by atoms with van der Waals surface area (Å²) in [6, 6.07) is 1.79. The lowest BCUT2D eigenvalue weighted by Crippen LogP contribution is -2.43. The molecule has 0 atom stereocenters. The third kappa shape index (κ3) is 3.10. The third-order valence-electron chi connectivity index (χ3n) is 4.27. The lowest BCUT2D eigenvalue weighted by molar-refractivity contribution is -0.208. The molecule has 0 radical (unpaired) electrons. The van der Waals surface area contributed by atoms with E-state index in [9.17, 15) is 31.1 Å². The minimum Gasteiger partial charge on any atom is -0.308 e. The summed E-state index contributed by atoms with van der Waals surface area (Å²) in [6.07, 6.45) is -8.23. The number of fused-ring (bicyclic) bond motifs is 1. The highest BCUT2D eigenvalue weighted by molar-refractivity contribution is 5.95. The standard InChI is InChI=1S/C15H14F6N4O/c1-13(2,15(19,20)21)12(26)23-11-10(7-3-4-7)25-9(22-11)6-5-8(24-25)14(16,17)18/h5-7H,3-4H2,1-2H3,(H,23,26). The molecule has 3 rings (SSSR count). The fourth-order valence-electron chi connectivity index (χ4n) is 2.31. The van der Waals surface area contributed by atoms with Crippen LogP contribution in [0.5, 0.6) is 0 Å². The molecule has 0 spiro atoms. The molecule has 1 saturated carbocycles. The molecule has 2 heterocycles. The molecule has 11 heteroatoms. The van der Waals surface area contributed by atoms with Crippen molar-refractivity contribution in [2.75, 3.05) is 5.32 Å². The number of hydrogen-bond acceptors (Lipinski definition) is 3. The molecule has 1 aliphatic carbocycles. The quantitative estimate of drug-likeness (QED) is 0.814. The maximum absolute atomic E-state index is 13.0. The number of halogens is 6. The van der Waals surface area contributed by atoms with E-state index >= 15 is 0 Å². The normalized spacial score (nSPS) is 16.2. The molecular weight excluding hydrogens is 366 g/mol. The van der Waals surface area contributed by atoms with Crippen molar-refractivity contribution in [3.63, 3.8) is 0 Å². The van der Waals surface area contributed by atoms with Gasteiger partial charge in [0.15, 0.2) is 17.2 Å². The number of hydrogen-bond donors (Lipinski definition) is 1. The second-order valence-electron chi connectivity index (χ2n) is 6.68. The van der Waals surface area contributed by atoms with Crippen molar-refractivity contribution < 1.29 is 31.1 Å². The summed E-state index contributed by atoms with van der Waals surface area (Å²) in [7, 11) is 0. The Balaban J connectivity index is 2.04. The number of nitrogens with zero attached hydrogens (tertiary/aromatic N) is 3. The average Bonchev–Trinajstić information content (AvgIpc) is 3.25. The van der Waals surface area contributed by atoms with Crippen LogP contribution in [0.2, 0.25) is 0 Å². The van der Waals surface area contributed by atoms with E-state index < -0.39 is 29.4 Å². The van der Waals surface area contributed by atoms with E-state index in [2.05, 4.69) is 15.4 Å². The molecule has 2 aromatic rings. The summed E-state index contributed by atoms with van der Waals surface area (Å²) in [5.41, 5.74) is -3.65. The first-order valence-corrected chi connectivity index (χ1v) is 7.67. The number of imidazole rings is 1. The molecule has 2 aromatic heterocycles. The van der Waals surface area contributed by atoms with Gasteiger partial charge in [0.1, 0.15) is 5.41 Å². The SMILES string of the molecule is CC(C)(C(=O)Nc1nc2ccc(C(F)(F)F)nn2c1C1CC1)C(F)(F)F. The largest absolute Gasteiger partial charge is 0.435 e. The minimum absolute atomic E-state index is 0.0139. The van der Waals surface area contributed by atoms with Gasteiger partial charge in [0.05, 0.1) is 5.69 Å². The molecule has 0 unspecified atom stereocenters. The van der Waals surface area contributed by atoms with Crippen LogP contribution < -0.4 is 5.32 Å². The van der Waals surface area contributed by atoms with Gasteiger partial charge in [-0.1, -0.05) is 0 Å². The maximum Gasteiger partial charge on any atom is 0.435 e. The Morgan fingerprint density at radius 3 is 2.27 bits per heavy atom. The monoisotopic (exact) mass is 380 g/mol. The number of carbonyl (C=O) groups excluding carboxylic acids is 1. The first kappa shape index (κ1) is 18.5. The van der Waals surface area contributed by atoms with Crippen LogP contribution >= 0.6 is 0 Å². The molecule has 1 fully saturated rings. The predicted molar refractivity (Wildman–Crippen MR) is 78.4 cm³/mol. The van der Waals surface area contributed by atoms with Gasteiger partial charge in [-0.3, -0.25) is 4.79 Å². The van der Waals surface area contributed by atoms with E-state index in [1.54, 1.807) is 0 Å². The van der Waals surface area contributed by atoms with Crippen LogP contribution in [0.15, 0.2) is 12.1 Å². The Morgan fingerprint density at radius 2 is 1.77 bits per heavy atom. The van der Waals surface area contributed by atoms with Crippen molar-refractivity contribution in [1.29, 1.82) is 0 Å². The van der Waals surface area contributed by atoms with Gasteiger partial charge in [0.25, 0.3) is 0 Å². The summed E-state index contributed by atoms with van der Waals surface area (Å²) >= 11 is 0. The van der Waals surface area contributed by atoms with E-state index in [0.29, 0.717) is 12.8 Å². The van der Waals surface area contributed by atoms with E-state index in [1.807, 2.05) is 0 Å². The topological polar surface area (TPSA) is 59.3 Å². The van der Waals surface area contributed by atoms with Gasteiger partial charge in [-0.05, 0) is 38.8 Å². The lowest BCUT2D eigenvalue weighted by atomic mass is 9.91. The zero-order valence-corrected chi connectivity index (χ0v) is 13.7. The number of amides is 1. The van der Waals surface area contributed by atoms with Crippen molar-refractivity contribution >= 4 is 17.4 Å². The van der Waals surface area contributed by atoms with Gasteiger partial charge in [0, 0.05) is 5.92 Å². The van der Waals surface area contributed by atoms with Gasteiger partial charge in [-0.15, -0.1) is 0 Å². The fourth-order valence-corrected chi connectivity index (χ4v) is 2.31. The van der Waals surface area contributed by atoms with Crippen LogP contribution in [-0.4, -0.2) is 26.7 Å². The van der Waals surface area contributed by atoms with Crippen molar-refractivity contribution in [2.24, 2.45) is 5.41 Å². The van der Waals surface area contributed by atoms with Crippen LogP contribution in [0.1, 0.15) is 44.0 Å². The smallest absolute Gasteiger partial charge is 0.308 e. The lowest BCUT2D eigenvalue weighted by Gasteiger charge is -2.26. The van der Waals surface area contributed by atoms with Crippen LogP contribution in [0.4, 0.5) is 32.2 Å². The molecule has 1 N–H and O–H groups in total. The average molecular weight is 380 g/mol. The van der Waals surface area contributed by atoms with Crippen molar-refractivity contribution in [1.82, 2.24) is 14.6 Å². The summed E-state index contributed by atoms with van der Waals surface area (Å²) < 4.78 is 78.6. The van der Waals surface area contributed by atoms with Gasteiger partial charge in [-0.2, -0.15) is 31.4 Å². The predicted octanol–water partition coefficient (Wildman–Crippen LogP) is 4.15. The van der Waals surface area contributed by atoms with Gasteiger partial charge >= 0.3 is 12.4 Å². The number of alkyl halides is 6. The third-order valence-corrected chi connectivity index (χ3v) is 4.27. The number of carbonyl (C=O) groups is 1. The van der Waals surface area contributed by atoms with Crippen molar-refractivity contribution in [2.45, 2.75) is 45.0 Å². The summed E-state index contributed by atoms with van der Waals surface area (Å²) in [5, 5.41) is 5.62. The molecule has 5 nitrogen and oxygen atoms in total. The molecule has 0 aliphatic heterocycles. The summed E-state index contributed by atoms with van der Waals surface area (Å²) in [4.78, 5) is 16.1. The van der Waals surface area contributed by atoms with Crippen LogP contribution in [0.25, 0.3) is 5.65 Å². The molecule has 0 bridgehead atoms. The van der Waals surface area contributed by atoms with Crippen molar-refractivity contribution in [3.05, 3.63) is 23.5 Å². The van der Waals surface area contributed by atoms with Crippen LogP contribution in [-0.2, 0) is 11.0 Å². The molecule has 26 heavy (non-hydrogen) atoms. The molecule has 0 aromatic carbocycles. The number of anilines is 1. The molecule has 1 aliphatic rings. The zero-order chi connectivity index (χ0) is 19.5. The number of nitrogens with one attached hydrogen (secondary N) is 1. The Morgan fingerprint density at radius 1 is 1.15 bits per heavy atom. The van der Waals surface area contributed by atoms with Crippen molar-refractivity contribution in [3.8, 4) is 0 Å². The molecule has 1 amide bonds. The highest BCUT2D eigenvalue weighted by Crippen LogP contribution is 2.45. The maximum atomic E-state index is 13.0. The Bertz CT molecular complexity index is 863. The molecule has 0 saturated heterocycles. The second kappa shape index (κ2) is 5.58. The Kier molecular flexibility index (Phi) is 3.96. The van der Waals surface area contributed by atoms with Crippen LogP contribution in [0, 0.1) is 5.41 Å². The minimum atomic E-state index is -4.79. The molecular formula is C15H14F6N4O. The first-order chi connectivity index (χ1) is 11.8. The van der Waals surface area contributed by atoms with Gasteiger partial charge in [-0.25, -0.2) is 9.50 Å². The summed E-state index contributed by atoms with van der Waals surface area (Å²) in [5.74, 6) is -1.75. The Labute approximate surface area is 143 Å². The van der Waals surface area contributed by atoms with E-state index in [-0.39, 0.29) is 23.1 Å². The van der Waals surface area contributed by atoms with Gasteiger partial charge in [0.2, 0.25) is 5.91 Å². The number of rotatable bonds is 3. The van der Waals surface area contributed by atoms with E-state index in [4.69, 9.17) is 0 Å². The highest BCUT2D eigenvalue weighted by atomic mass is 19.4. The van der Waals surface area contributed by atoms with E-state index in [1.165, 1.54) is 0 Å². The van der Waals surface area contributed by atoms with Crippen LogP contribution in [0.3, 0.4) is 0 Å². The Hall–Kier alpha value is -2.33. The number of aromatic nitrogens is 3. The first-order valence-electron chi connectivity index (χ1n) is 7.67. The summed E-state index contributed by atoms with van der Waals surface area (Å²) in [6.45, 7) is 1.43. The van der Waals surface area contributed by atoms with Gasteiger partial charge < -0.3 is 5.32 Å². The molecule has 142 valence electrons.